The molecular weight excluding hydrogens is 368 g/mol. The van der Waals surface area contributed by atoms with E-state index in [1.54, 1.807) is 7.11 Å². The third kappa shape index (κ3) is 4.31. The lowest BCUT2D eigenvalue weighted by molar-refractivity contribution is -0.921. The molecule has 24 heavy (non-hydrogen) atoms. The first-order valence-corrected chi connectivity index (χ1v) is 9.91. The molecule has 0 bridgehead atoms. The second kappa shape index (κ2) is 8.34. The summed E-state index contributed by atoms with van der Waals surface area (Å²) >= 11 is 3.55. The lowest BCUT2D eigenvalue weighted by Gasteiger charge is -2.34. The van der Waals surface area contributed by atoms with Crippen LogP contribution in [0.1, 0.15) is 37.7 Å². The largest absolute Gasteiger partial charge is 0.496 e. The first-order valence-electron chi connectivity index (χ1n) is 9.12. The molecule has 0 spiro atoms. The molecule has 2 atom stereocenters. The predicted octanol–water partition coefficient (Wildman–Crippen LogP) is 2.27. The Morgan fingerprint density at radius 3 is 2.83 bits per heavy atom. The molecule has 1 aromatic carbocycles. The van der Waals surface area contributed by atoms with Gasteiger partial charge in [0.2, 0.25) is 5.91 Å². The number of nitrogens with one attached hydrogen (secondary N) is 1. The number of quaternary nitrogens is 1. The van der Waals surface area contributed by atoms with Gasteiger partial charge < -0.3 is 14.5 Å². The average molecular weight is 396 g/mol. The summed E-state index contributed by atoms with van der Waals surface area (Å²) in [6.07, 6.45) is 5.80. The minimum Gasteiger partial charge on any atom is -0.496 e. The van der Waals surface area contributed by atoms with Crippen molar-refractivity contribution in [2.24, 2.45) is 5.92 Å². The summed E-state index contributed by atoms with van der Waals surface area (Å²) in [5, 5.41) is 0. The quantitative estimate of drug-likeness (QED) is 0.848. The average Bonchev–Trinajstić information content (AvgIpc) is 2.62. The van der Waals surface area contributed by atoms with E-state index in [4.69, 9.17) is 4.74 Å². The number of likely N-dealkylation sites (tertiary alicyclic amines) is 2. The van der Waals surface area contributed by atoms with E-state index in [0.717, 1.165) is 55.8 Å². The van der Waals surface area contributed by atoms with Crippen molar-refractivity contribution >= 4 is 21.8 Å². The lowest BCUT2D eigenvalue weighted by atomic mass is 9.95. The molecule has 1 aromatic rings. The smallest absolute Gasteiger partial charge is 0.231 e. The van der Waals surface area contributed by atoms with E-state index in [1.165, 1.54) is 29.7 Å². The molecule has 2 aliphatic rings. The molecule has 2 fully saturated rings. The molecule has 0 radical (unpaired) electrons. The number of benzene rings is 1. The van der Waals surface area contributed by atoms with Gasteiger partial charge in [-0.05, 0) is 50.3 Å². The van der Waals surface area contributed by atoms with Gasteiger partial charge in [-0.1, -0.05) is 15.9 Å². The Balaban J connectivity index is 1.63. The fraction of sp³-hybridized carbons (Fsp3) is 0.632. The van der Waals surface area contributed by atoms with Gasteiger partial charge >= 0.3 is 0 Å². The van der Waals surface area contributed by atoms with Crippen molar-refractivity contribution in [3.05, 3.63) is 28.2 Å². The van der Waals surface area contributed by atoms with Crippen molar-refractivity contribution in [2.75, 3.05) is 33.3 Å². The second-order valence-corrected chi connectivity index (χ2v) is 7.98. The Morgan fingerprint density at radius 2 is 2.08 bits per heavy atom. The second-order valence-electron chi connectivity index (χ2n) is 7.06. The maximum Gasteiger partial charge on any atom is 0.231 e. The van der Waals surface area contributed by atoms with Gasteiger partial charge in [0.15, 0.2) is 0 Å². The standard InChI is InChI=1S/C19H27BrN2O2/c1-24-18-8-7-17(20)12-16(18)14-21-9-5-6-15(13-21)19(23)22-10-3-2-4-11-22/h7-8,12,15H,2-6,9-11,13-14H2,1H3/p+1/t15-/m1/s1. The van der Waals surface area contributed by atoms with Crippen molar-refractivity contribution < 1.29 is 14.4 Å². The van der Waals surface area contributed by atoms with Crippen LogP contribution in [0.2, 0.25) is 0 Å². The van der Waals surface area contributed by atoms with Gasteiger partial charge in [0.25, 0.3) is 0 Å². The Kier molecular flexibility index (Phi) is 6.17. The Bertz CT molecular complexity index is 572. The Labute approximate surface area is 153 Å². The maximum atomic E-state index is 12.8. The van der Waals surface area contributed by atoms with Gasteiger partial charge in [0, 0.05) is 23.1 Å². The summed E-state index contributed by atoms with van der Waals surface area (Å²) in [5.41, 5.74) is 1.22. The monoisotopic (exact) mass is 395 g/mol. The van der Waals surface area contributed by atoms with Crippen LogP contribution >= 0.6 is 15.9 Å². The van der Waals surface area contributed by atoms with Crippen LogP contribution in [-0.2, 0) is 11.3 Å². The summed E-state index contributed by atoms with van der Waals surface area (Å²) in [7, 11) is 1.72. The van der Waals surface area contributed by atoms with Crippen molar-refractivity contribution in [2.45, 2.75) is 38.6 Å². The van der Waals surface area contributed by atoms with Crippen LogP contribution < -0.4 is 9.64 Å². The zero-order chi connectivity index (χ0) is 16.9. The highest BCUT2D eigenvalue weighted by Crippen LogP contribution is 2.23. The minimum atomic E-state index is 0.199. The number of methoxy groups -OCH3 is 1. The summed E-state index contributed by atoms with van der Waals surface area (Å²) in [6.45, 7) is 4.94. The number of hydrogen-bond donors (Lipinski definition) is 1. The number of hydrogen-bond acceptors (Lipinski definition) is 2. The molecule has 0 aliphatic carbocycles. The van der Waals surface area contributed by atoms with Crippen molar-refractivity contribution in [3.8, 4) is 5.75 Å². The van der Waals surface area contributed by atoms with Gasteiger partial charge in [-0.15, -0.1) is 0 Å². The van der Waals surface area contributed by atoms with Crippen LogP contribution in [0.15, 0.2) is 22.7 Å². The molecular formula is C19H28BrN2O2+. The minimum absolute atomic E-state index is 0.199. The first kappa shape index (κ1) is 17.7. The molecule has 1 N–H and O–H groups in total. The predicted molar refractivity (Wildman–Crippen MR) is 98.2 cm³/mol. The topological polar surface area (TPSA) is 34.0 Å². The number of carbonyl (C=O) groups excluding carboxylic acids is 1. The number of halogens is 1. The van der Waals surface area contributed by atoms with Crippen molar-refractivity contribution in [1.82, 2.24) is 4.90 Å². The van der Waals surface area contributed by atoms with Crippen LogP contribution in [0.4, 0.5) is 0 Å². The van der Waals surface area contributed by atoms with E-state index in [2.05, 4.69) is 26.9 Å². The van der Waals surface area contributed by atoms with Crippen LogP contribution in [0, 0.1) is 5.92 Å². The molecule has 1 unspecified atom stereocenters. The number of piperidine rings is 2. The Morgan fingerprint density at radius 1 is 1.29 bits per heavy atom. The molecule has 2 heterocycles. The third-order valence-corrected chi connectivity index (χ3v) is 5.81. The number of ether oxygens (including phenoxy) is 1. The summed E-state index contributed by atoms with van der Waals surface area (Å²) in [4.78, 5) is 16.4. The fourth-order valence-corrected chi connectivity index (χ4v) is 4.46. The van der Waals surface area contributed by atoms with Crippen molar-refractivity contribution in [3.63, 3.8) is 0 Å². The van der Waals surface area contributed by atoms with Gasteiger partial charge in [0.05, 0.1) is 26.1 Å². The Hall–Kier alpha value is -1.07. The van der Waals surface area contributed by atoms with Crippen LogP contribution in [0.25, 0.3) is 0 Å². The number of rotatable bonds is 4. The lowest BCUT2D eigenvalue weighted by Crippen LogP contribution is -3.12. The van der Waals surface area contributed by atoms with Gasteiger partial charge in [-0.3, -0.25) is 4.79 Å². The third-order valence-electron chi connectivity index (χ3n) is 5.32. The first-order chi connectivity index (χ1) is 11.7. The molecule has 132 valence electrons. The molecule has 3 rings (SSSR count). The van der Waals surface area contributed by atoms with Gasteiger partial charge in [0.1, 0.15) is 12.3 Å². The molecule has 2 saturated heterocycles. The number of nitrogens with zero attached hydrogens (tertiary/aromatic N) is 1. The van der Waals surface area contributed by atoms with Gasteiger partial charge in [-0.2, -0.15) is 0 Å². The van der Waals surface area contributed by atoms with E-state index in [0.29, 0.717) is 5.91 Å². The highest BCUT2D eigenvalue weighted by atomic mass is 79.9. The SMILES string of the molecule is COc1ccc(Br)cc1C[NH+]1CCC[C@@H](C(=O)N2CCCCC2)C1. The zero-order valence-corrected chi connectivity index (χ0v) is 16.1. The zero-order valence-electron chi connectivity index (χ0n) is 14.5. The summed E-state index contributed by atoms with van der Waals surface area (Å²) < 4.78 is 6.58. The van der Waals surface area contributed by atoms with E-state index in [1.807, 2.05) is 12.1 Å². The van der Waals surface area contributed by atoms with E-state index in [-0.39, 0.29) is 5.92 Å². The highest BCUT2D eigenvalue weighted by molar-refractivity contribution is 9.10. The van der Waals surface area contributed by atoms with Crippen LogP contribution in [-0.4, -0.2) is 44.1 Å². The fourth-order valence-electron chi connectivity index (χ4n) is 4.05. The van der Waals surface area contributed by atoms with Gasteiger partial charge in [-0.25, -0.2) is 0 Å². The van der Waals surface area contributed by atoms with Crippen molar-refractivity contribution in [1.29, 1.82) is 0 Å². The molecule has 2 aliphatic heterocycles. The molecule has 0 aromatic heterocycles. The summed E-state index contributed by atoms with van der Waals surface area (Å²) in [6, 6.07) is 6.16. The van der Waals surface area contributed by atoms with Crippen LogP contribution in [0.3, 0.4) is 0 Å². The van der Waals surface area contributed by atoms with E-state index >= 15 is 0 Å². The normalized spacial score (nSPS) is 24.7. The molecule has 4 nitrogen and oxygen atoms in total. The molecule has 0 saturated carbocycles. The molecule has 1 amide bonds. The molecule has 5 heteroatoms. The van der Waals surface area contributed by atoms with E-state index in [9.17, 15) is 4.79 Å². The number of carbonyl (C=O) groups is 1. The maximum absolute atomic E-state index is 12.8. The highest BCUT2D eigenvalue weighted by Gasteiger charge is 2.32. The number of amides is 1. The van der Waals surface area contributed by atoms with E-state index < -0.39 is 0 Å². The van der Waals surface area contributed by atoms with Crippen LogP contribution in [0.5, 0.6) is 5.75 Å². The summed E-state index contributed by atoms with van der Waals surface area (Å²) in [5.74, 6) is 1.54.